The number of nitrogens with one attached hydrogen (secondary N) is 1. The van der Waals surface area contributed by atoms with Gasteiger partial charge in [0.15, 0.2) is 5.82 Å². The van der Waals surface area contributed by atoms with Gasteiger partial charge in [-0.25, -0.2) is 9.67 Å². The highest BCUT2D eigenvalue weighted by Crippen LogP contribution is 2.26. The Balaban J connectivity index is 1.51. The van der Waals surface area contributed by atoms with Crippen LogP contribution in [-0.4, -0.2) is 20.7 Å². The van der Waals surface area contributed by atoms with Crippen LogP contribution in [0.5, 0.6) is 0 Å². The minimum absolute atomic E-state index is 0.243. The van der Waals surface area contributed by atoms with Gasteiger partial charge in [0, 0.05) is 28.2 Å². The first-order chi connectivity index (χ1) is 15.2. The van der Waals surface area contributed by atoms with Crippen LogP contribution in [-0.2, 0) is 0 Å². The van der Waals surface area contributed by atoms with Crippen molar-refractivity contribution >= 4 is 34.2 Å². The Kier molecular flexibility index (Phi) is 4.94. The zero-order valence-electron chi connectivity index (χ0n) is 16.4. The highest BCUT2D eigenvalue weighted by Gasteiger charge is 2.15. The van der Waals surface area contributed by atoms with E-state index >= 15 is 0 Å². The summed E-state index contributed by atoms with van der Waals surface area (Å²) in [7, 11) is 0. The predicted octanol–water partition coefficient (Wildman–Crippen LogP) is 5.99. The molecule has 5 nitrogen and oxygen atoms in total. The second kappa shape index (κ2) is 8.05. The van der Waals surface area contributed by atoms with Crippen LogP contribution >= 0.6 is 11.6 Å². The molecule has 3 aromatic carbocycles. The van der Waals surface area contributed by atoms with Gasteiger partial charge in [-0.1, -0.05) is 60.1 Å². The molecule has 6 heteroatoms. The lowest BCUT2D eigenvalue weighted by atomic mass is 10.0. The predicted molar refractivity (Wildman–Crippen MR) is 124 cm³/mol. The van der Waals surface area contributed by atoms with E-state index in [1.807, 2.05) is 85.1 Å². The number of carbonyl (C=O) groups excluding carboxylic acids is 1. The van der Waals surface area contributed by atoms with Crippen molar-refractivity contribution in [2.45, 2.75) is 0 Å². The fourth-order valence-electron chi connectivity index (χ4n) is 3.43. The Labute approximate surface area is 183 Å². The van der Waals surface area contributed by atoms with Gasteiger partial charge in [-0.2, -0.15) is 5.10 Å². The van der Waals surface area contributed by atoms with E-state index in [-0.39, 0.29) is 5.91 Å². The molecule has 0 atom stereocenters. The van der Waals surface area contributed by atoms with Crippen molar-refractivity contribution in [2.24, 2.45) is 0 Å². The van der Waals surface area contributed by atoms with Gasteiger partial charge in [-0.3, -0.25) is 4.79 Å². The van der Waals surface area contributed by atoms with E-state index < -0.39 is 0 Å². The third-order valence-electron chi connectivity index (χ3n) is 4.95. The van der Waals surface area contributed by atoms with Crippen molar-refractivity contribution in [1.29, 1.82) is 0 Å². The summed E-state index contributed by atoms with van der Waals surface area (Å²) in [6.45, 7) is 0. The average molecular weight is 425 g/mol. The van der Waals surface area contributed by atoms with Gasteiger partial charge in [-0.15, -0.1) is 0 Å². The Morgan fingerprint density at radius 2 is 1.61 bits per heavy atom. The number of amides is 1. The molecule has 1 amide bonds. The lowest BCUT2D eigenvalue weighted by Gasteiger charge is -2.10. The van der Waals surface area contributed by atoms with E-state index in [1.165, 1.54) is 0 Å². The van der Waals surface area contributed by atoms with E-state index in [9.17, 15) is 4.79 Å². The first kappa shape index (κ1) is 19.0. The number of rotatable bonds is 4. The molecule has 0 aliphatic carbocycles. The molecule has 0 bridgehead atoms. The number of carbonyl (C=O) groups is 1. The largest absolute Gasteiger partial charge is 0.305 e. The number of nitrogens with zero attached hydrogens (tertiary/aromatic N) is 3. The second-order valence-corrected chi connectivity index (χ2v) is 7.45. The number of halogens is 1. The van der Waals surface area contributed by atoms with Gasteiger partial charge in [0.2, 0.25) is 0 Å². The van der Waals surface area contributed by atoms with Crippen LogP contribution in [0, 0.1) is 0 Å². The molecule has 0 aliphatic rings. The molecule has 150 valence electrons. The van der Waals surface area contributed by atoms with Gasteiger partial charge in [0.25, 0.3) is 5.91 Å². The van der Waals surface area contributed by atoms with E-state index in [1.54, 1.807) is 16.8 Å². The molecule has 0 radical (unpaired) electrons. The zero-order valence-corrected chi connectivity index (χ0v) is 17.1. The highest BCUT2D eigenvalue weighted by molar-refractivity contribution is 6.30. The van der Waals surface area contributed by atoms with E-state index in [0.717, 1.165) is 22.2 Å². The Hall–Kier alpha value is -3.96. The smallest absolute Gasteiger partial charge is 0.257 e. The number of hydrogen-bond donors (Lipinski definition) is 1. The first-order valence-corrected chi connectivity index (χ1v) is 10.1. The van der Waals surface area contributed by atoms with Crippen LogP contribution in [0.25, 0.3) is 27.8 Å². The Bertz CT molecular complexity index is 1380. The molecular weight excluding hydrogens is 408 g/mol. The summed E-state index contributed by atoms with van der Waals surface area (Å²) in [6.07, 6.45) is 1.81. The molecule has 2 aromatic heterocycles. The fourth-order valence-corrected chi connectivity index (χ4v) is 3.56. The number of aromatic nitrogens is 3. The molecule has 5 rings (SSSR count). The fraction of sp³-hybridized carbons (Fsp3) is 0. The van der Waals surface area contributed by atoms with E-state index in [2.05, 4.69) is 10.4 Å². The zero-order chi connectivity index (χ0) is 21.2. The van der Waals surface area contributed by atoms with Crippen molar-refractivity contribution in [2.75, 3.05) is 5.32 Å². The first-order valence-electron chi connectivity index (χ1n) is 9.75. The summed E-state index contributed by atoms with van der Waals surface area (Å²) in [6, 6.07) is 28.3. The number of anilines is 1. The molecular formula is C25H17ClN4O. The number of fused-ring (bicyclic) bond motifs is 1. The molecule has 0 unspecified atom stereocenters. The average Bonchev–Trinajstić information content (AvgIpc) is 3.28. The summed E-state index contributed by atoms with van der Waals surface area (Å²) in [5.74, 6) is 0.231. The van der Waals surface area contributed by atoms with Gasteiger partial charge in [0.1, 0.15) is 0 Å². The lowest BCUT2D eigenvalue weighted by Crippen LogP contribution is -2.14. The van der Waals surface area contributed by atoms with Gasteiger partial charge in [0.05, 0.1) is 22.5 Å². The SMILES string of the molecule is O=C(Nc1ccn(-c2ccccc2)n1)c1cc(-c2ccc(Cl)cc2)nc2ccccc12. The molecule has 31 heavy (non-hydrogen) atoms. The monoisotopic (exact) mass is 424 g/mol. The summed E-state index contributed by atoms with van der Waals surface area (Å²) < 4.78 is 1.72. The van der Waals surface area contributed by atoms with Crippen LogP contribution in [0.4, 0.5) is 5.82 Å². The molecule has 0 spiro atoms. The molecule has 5 aromatic rings. The van der Waals surface area contributed by atoms with Crippen molar-refractivity contribution in [3.8, 4) is 16.9 Å². The molecule has 0 fully saturated rings. The van der Waals surface area contributed by atoms with Crippen molar-refractivity contribution in [3.63, 3.8) is 0 Å². The van der Waals surface area contributed by atoms with Crippen molar-refractivity contribution in [3.05, 3.63) is 108 Å². The molecule has 0 saturated carbocycles. The topological polar surface area (TPSA) is 59.8 Å². The quantitative estimate of drug-likeness (QED) is 0.385. The minimum atomic E-state index is -0.243. The van der Waals surface area contributed by atoms with Gasteiger partial charge < -0.3 is 5.32 Å². The van der Waals surface area contributed by atoms with E-state index in [4.69, 9.17) is 16.6 Å². The standard InChI is InChI=1S/C25H17ClN4O/c26-18-12-10-17(11-13-18)23-16-21(20-8-4-5-9-22(20)27-23)25(31)28-24-14-15-30(29-24)19-6-2-1-3-7-19/h1-16H,(H,28,29,31). The molecule has 1 N–H and O–H groups in total. The number of pyridine rings is 1. The minimum Gasteiger partial charge on any atom is -0.305 e. The van der Waals surface area contributed by atoms with Crippen LogP contribution in [0.1, 0.15) is 10.4 Å². The van der Waals surface area contributed by atoms with Crippen LogP contribution < -0.4 is 5.32 Å². The summed E-state index contributed by atoms with van der Waals surface area (Å²) >= 11 is 6.02. The molecule has 2 heterocycles. The normalized spacial score (nSPS) is 10.9. The third kappa shape index (κ3) is 3.91. The third-order valence-corrected chi connectivity index (χ3v) is 5.20. The van der Waals surface area contributed by atoms with Crippen LogP contribution in [0.15, 0.2) is 97.2 Å². The van der Waals surface area contributed by atoms with Crippen LogP contribution in [0.3, 0.4) is 0 Å². The van der Waals surface area contributed by atoms with Crippen molar-refractivity contribution in [1.82, 2.24) is 14.8 Å². The lowest BCUT2D eigenvalue weighted by molar-refractivity contribution is 0.102. The van der Waals surface area contributed by atoms with Gasteiger partial charge in [-0.05, 0) is 36.4 Å². The molecule has 0 saturated heterocycles. The summed E-state index contributed by atoms with van der Waals surface area (Å²) in [4.78, 5) is 17.9. The Morgan fingerprint density at radius 1 is 0.871 bits per heavy atom. The maximum Gasteiger partial charge on any atom is 0.257 e. The second-order valence-electron chi connectivity index (χ2n) is 7.01. The Morgan fingerprint density at radius 3 is 2.42 bits per heavy atom. The number of hydrogen-bond acceptors (Lipinski definition) is 3. The van der Waals surface area contributed by atoms with E-state index in [0.29, 0.717) is 22.1 Å². The number of benzene rings is 3. The summed E-state index contributed by atoms with van der Waals surface area (Å²) in [5.41, 5.74) is 3.79. The maximum absolute atomic E-state index is 13.2. The molecule has 0 aliphatic heterocycles. The number of para-hydroxylation sites is 2. The summed E-state index contributed by atoms with van der Waals surface area (Å²) in [5, 5.41) is 8.81. The van der Waals surface area contributed by atoms with Gasteiger partial charge >= 0.3 is 0 Å². The maximum atomic E-state index is 13.2. The van der Waals surface area contributed by atoms with Crippen molar-refractivity contribution < 1.29 is 4.79 Å². The van der Waals surface area contributed by atoms with Crippen LogP contribution in [0.2, 0.25) is 5.02 Å². The highest BCUT2D eigenvalue weighted by atomic mass is 35.5.